The average molecular weight is 453 g/mol. The van der Waals surface area contributed by atoms with Crippen molar-refractivity contribution in [2.45, 2.75) is 30.7 Å². The number of fused-ring (bicyclic) bond motifs is 1. The van der Waals surface area contributed by atoms with E-state index in [9.17, 15) is 28.5 Å². The molecule has 0 bridgehead atoms. The normalized spacial score (nSPS) is 23.9. The number of alkyl halides is 3. The number of nitrogens with zero attached hydrogens (tertiary/aromatic N) is 5. The number of rotatable bonds is 5. The molecule has 4 rings (SSSR count). The lowest BCUT2D eigenvalue weighted by atomic mass is 10.1. The van der Waals surface area contributed by atoms with Crippen LogP contribution in [0, 0.1) is 0 Å². The van der Waals surface area contributed by atoms with E-state index in [1.54, 1.807) is 0 Å². The molecular formula is C18H18F3N7O4. The quantitative estimate of drug-likeness (QED) is 0.273. The summed E-state index contributed by atoms with van der Waals surface area (Å²) in [6.07, 6.45) is -6.59. The number of ether oxygens (including phenoxy) is 1. The van der Waals surface area contributed by atoms with Crippen LogP contribution in [0.2, 0.25) is 0 Å². The SMILES string of the molecule is Nc1nc(N/N=C/c2ccc(C(F)(F)F)cc2)nc2c1ncn2[C@@H]1O[C@H](CO)C(O)C1O. The van der Waals surface area contributed by atoms with Crippen molar-refractivity contribution in [1.29, 1.82) is 0 Å². The summed E-state index contributed by atoms with van der Waals surface area (Å²) in [7, 11) is 0. The maximum atomic E-state index is 12.6. The third-order valence-electron chi connectivity index (χ3n) is 4.86. The van der Waals surface area contributed by atoms with Crippen LogP contribution in [0.3, 0.4) is 0 Å². The number of halogens is 3. The monoisotopic (exact) mass is 453 g/mol. The van der Waals surface area contributed by atoms with Gasteiger partial charge in [0.05, 0.1) is 24.7 Å². The van der Waals surface area contributed by atoms with E-state index in [2.05, 4.69) is 25.5 Å². The largest absolute Gasteiger partial charge is 0.416 e. The third kappa shape index (κ3) is 4.08. The Kier molecular flexibility index (Phi) is 5.68. The van der Waals surface area contributed by atoms with Crippen molar-refractivity contribution in [2.24, 2.45) is 5.10 Å². The number of nitrogens with one attached hydrogen (secondary N) is 1. The van der Waals surface area contributed by atoms with Crippen LogP contribution in [-0.4, -0.2) is 66.0 Å². The zero-order chi connectivity index (χ0) is 23.0. The zero-order valence-electron chi connectivity index (χ0n) is 16.2. The zero-order valence-corrected chi connectivity index (χ0v) is 16.2. The minimum atomic E-state index is -4.43. The van der Waals surface area contributed by atoms with Gasteiger partial charge in [-0.1, -0.05) is 12.1 Å². The van der Waals surface area contributed by atoms with Crippen molar-refractivity contribution in [3.63, 3.8) is 0 Å². The molecule has 14 heteroatoms. The number of hydrazone groups is 1. The molecule has 3 aromatic rings. The van der Waals surface area contributed by atoms with Crippen LogP contribution in [0.4, 0.5) is 24.9 Å². The molecule has 1 aromatic carbocycles. The molecule has 0 amide bonds. The Morgan fingerprint density at radius 1 is 1.19 bits per heavy atom. The Bertz CT molecular complexity index is 1140. The van der Waals surface area contributed by atoms with Crippen LogP contribution < -0.4 is 11.2 Å². The van der Waals surface area contributed by atoms with E-state index in [0.717, 1.165) is 12.1 Å². The molecule has 1 aliphatic heterocycles. The topological polar surface area (TPSA) is 164 Å². The number of imidazole rings is 1. The molecule has 4 atom stereocenters. The first-order valence-electron chi connectivity index (χ1n) is 9.28. The van der Waals surface area contributed by atoms with E-state index in [0.29, 0.717) is 5.56 Å². The molecule has 6 N–H and O–H groups in total. The fourth-order valence-electron chi connectivity index (χ4n) is 3.21. The number of aliphatic hydroxyl groups is 3. The second kappa shape index (κ2) is 8.31. The fourth-order valence-corrected chi connectivity index (χ4v) is 3.21. The van der Waals surface area contributed by atoms with Gasteiger partial charge in [0.25, 0.3) is 0 Å². The molecule has 0 saturated carbocycles. The third-order valence-corrected chi connectivity index (χ3v) is 4.86. The highest BCUT2D eigenvalue weighted by molar-refractivity contribution is 5.83. The Morgan fingerprint density at radius 3 is 2.53 bits per heavy atom. The van der Waals surface area contributed by atoms with Gasteiger partial charge in [0.2, 0.25) is 5.95 Å². The van der Waals surface area contributed by atoms with E-state index >= 15 is 0 Å². The van der Waals surface area contributed by atoms with Crippen LogP contribution in [0.25, 0.3) is 11.2 Å². The second-order valence-corrected chi connectivity index (χ2v) is 6.98. The Morgan fingerprint density at radius 2 is 1.91 bits per heavy atom. The number of aromatic nitrogens is 4. The number of hydrogen-bond donors (Lipinski definition) is 5. The van der Waals surface area contributed by atoms with Crippen molar-refractivity contribution in [2.75, 3.05) is 17.8 Å². The summed E-state index contributed by atoms with van der Waals surface area (Å²) in [6.45, 7) is -0.496. The molecule has 1 saturated heterocycles. The molecular weight excluding hydrogens is 435 g/mol. The van der Waals surface area contributed by atoms with E-state index < -0.39 is 42.9 Å². The highest BCUT2D eigenvalue weighted by Gasteiger charge is 2.44. The summed E-state index contributed by atoms with van der Waals surface area (Å²) in [6, 6.07) is 4.37. The molecule has 0 radical (unpaired) electrons. The van der Waals surface area contributed by atoms with Gasteiger partial charge in [-0.3, -0.25) is 4.57 Å². The van der Waals surface area contributed by atoms with Crippen molar-refractivity contribution < 1.29 is 33.2 Å². The predicted molar refractivity (Wildman–Crippen MR) is 105 cm³/mol. The minimum Gasteiger partial charge on any atom is -0.394 e. The maximum Gasteiger partial charge on any atom is 0.416 e. The first-order valence-corrected chi connectivity index (χ1v) is 9.28. The summed E-state index contributed by atoms with van der Waals surface area (Å²) in [5, 5.41) is 33.4. The fraction of sp³-hybridized carbons (Fsp3) is 0.333. The second-order valence-electron chi connectivity index (χ2n) is 6.98. The standard InChI is InChI=1S/C18H18F3N7O4/c19-18(20,21)9-3-1-8(2-4-9)5-24-27-17-25-14(22)11-15(26-17)28(7-23-11)16-13(31)12(30)10(6-29)32-16/h1-5,7,10,12-13,16,29-31H,6H2,(H3,22,25,26,27)/b24-5+/t10-,12?,13?,16-/m1/s1. The van der Waals surface area contributed by atoms with Gasteiger partial charge < -0.3 is 25.8 Å². The Labute approximate surface area is 178 Å². The van der Waals surface area contributed by atoms with Crippen LogP contribution in [0.5, 0.6) is 0 Å². The lowest BCUT2D eigenvalue weighted by Gasteiger charge is -2.16. The summed E-state index contributed by atoms with van der Waals surface area (Å²) < 4.78 is 44.7. The van der Waals surface area contributed by atoms with Gasteiger partial charge in [-0.25, -0.2) is 10.4 Å². The lowest BCUT2D eigenvalue weighted by molar-refractivity contribution is -0.137. The molecule has 1 fully saturated rings. The van der Waals surface area contributed by atoms with Gasteiger partial charge in [0, 0.05) is 0 Å². The average Bonchev–Trinajstić information content (AvgIpc) is 3.29. The van der Waals surface area contributed by atoms with Crippen LogP contribution in [0.15, 0.2) is 35.7 Å². The first kappa shape index (κ1) is 21.9. The van der Waals surface area contributed by atoms with Crippen molar-refractivity contribution >= 4 is 29.1 Å². The molecule has 0 spiro atoms. The lowest BCUT2D eigenvalue weighted by Crippen LogP contribution is -2.33. The van der Waals surface area contributed by atoms with Crippen LogP contribution >= 0.6 is 0 Å². The van der Waals surface area contributed by atoms with Gasteiger partial charge in [-0.2, -0.15) is 28.2 Å². The Balaban J connectivity index is 1.55. The molecule has 2 aromatic heterocycles. The van der Waals surface area contributed by atoms with Crippen molar-refractivity contribution in [1.82, 2.24) is 19.5 Å². The van der Waals surface area contributed by atoms with E-state index in [4.69, 9.17) is 10.5 Å². The van der Waals surface area contributed by atoms with Crippen LogP contribution in [-0.2, 0) is 10.9 Å². The predicted octanol–water partition coefficient (Wildman–Crippen LogP) is 0.485. The summed E-state index contributed by atoms with van der Waals surface area (Å²) in [5.74, 6) is -0.0561. The molecule has 11 nitrogen and oxygen atoms in total. The van der Waals surface area contributed by atoms with Gasteiger partial charge in [0.15, 0.2) is 17.7 Å². The number of nitrogens with two attached hydrogens (primary N) is 1. The molecule has 170 valence electrons. The van der Waals surface area contributed by atoms with Gasteiger partial charge in [-0.05, 0) is 17.7 Å². The van der Waals surface area contributed by atoms with E-state index in [-0.39, 0.29) is 22.9 Å². The number of nitrogen functional groups attached to an aromatic ring is 1. The number of hydrogen-bond acceptors (Lipinski definition) is 10. The van der Waals surface area contributed by atoms with Gasteiger partial charge >= 0.3 is 6.18 Å². The van der Waals surface area contributed by atoms with E-state index in [1.165, 1.54) is 29.2 Å². The minimum absolute atomic E-state index is 0.00674. The number of aliphatic hydroxyl groups excluding tert-OH is 3. The summed E-state index contributed by atoms with van der Waals surface area (Å²) in [5.41, 5.74) is 8.43. The molecule has 0 aliphatic carbocycles. The summed E-state index contributed by atoms with van der Waals surface area (Å²) in [4.78, 5) is 12.3. The van der Waals surface area contributed by atoms with Crippen LogP contribution in [0.1, 0.15) is 17.4 Å². The highest BCUT2D eigenvalue weighted by Crippen LogP contribution is 2.32. The molecule has 3 heterocycles. The van der Waals surface area contributed by atoms with Gasteiger partial charge in [0.1, 0.15) is 23.8 Å². The number of anilines is 2. The first-order chi connectivity index (χ1) is 15.2. The summed E-state index contributed by atoms with van der Waals surface area (Å²) >= 11 is 0. The van der Waals surface area contributed by atoms with Crippen molar-refractivity contribution in [3.8, 4) is 0 Å². The Hall–Kier alpha value is -3.33. The van der Waals surface area contributed by atoms with Crippen molar-refractivity contribution in [3.05, 3.63) is 41.7 Å². The van der Waals surface area contributed by atoms with Gasteiger partial charge in [-0.15, -0.1) is 0 Å². The smallest absolute Gasteiger partial charge is 0.394 e. The molecule has 32 heavy (non-hydrogen) atoms. The van der Waals surface area contributed by atoms with E-state index in [1.807, 2.05) is 0 Å². The molecule has 1 aliphatic rings. The molecule has 2 unspecified atom stereocenters. The maximum absolute atomic E-state index is 12.6. The highest BCUT2D eigenvalue weighted by atomic mass is 19.4. The number of benzene rings is 1.